The maximum Gasteiger partial charge on any atom is 0.156 e. The minimum absolute atomic E-state index is 0.0738. The largest absolute Gasteiger partial charge is 0.330 e. The number of hydrogen-bond donors (Lipinski definition) is 1. The highest BCUT2D eigenvalue weighted by atomic mass is 32.2. The fourth-order valence-corrected chi connectivity index (χ4v) is 4.43. The van der Waals surface area contributed by atoms with Crippen LogP contribution in [0.15, 0.2) is 0 Å². The predicted molar refractivity (Wildman–Crippen MR) is 51.2 cm³/mol. The van der Waals surface area contributed by atoms with Crippen LogP contribution >= 0.6 is 0 Å². The van der Waals surface area contributed by atoms with Crippen molar-refractivity contribution in [2.24, 2.45) is 5.73 Å². The highest BCUT2D eigenvalue weighted by Gasteiger charge is 2.47. The monoisotopic (exact) mass is 204 g/mol. The topological polar surface area (TPSA) is 63.4 Å². The molecule has 2 unspecified atom stereocenters. The number of hydrogen-bond acceptors (Lipinski definition) is 4. The van der Waals surface area contributed by atoms with Crippen LogP contribution in [0.4, 0.5) is 0 Å². The van der Waals surface area contributed by atoms with Gasteiger partial charge < -0.3 is 5.73 Å². The third kappa shape index (κ3) is 1.60. The maximum atomic E-state index is 11.4. The summed E-state index contributed by atoms with van der Waals surface area (Å²) in [6.45, 7) is 2.40. The maximum absolute atomic E-state index is 11.4. The van der Waals surface area contributed by atoms with Crippen molar-refractivity contribution in [3.63, 3.8) is 0 Å². The first-order valence-corrected chi connectivity index (χ1v) is 6.51. The molecule has 2 aliphatic rings. The number of nitrogens with two attached hydrogens (primary N) is 1. The average Bonchev–Trinajstić information content (AvgIpc) is 2.55. The Morgan fingerprint density at radius 1 is 1.46 bits per heavy atom. The van der Waals surface area contributed by atoms with E-state index in [0.29, 0.717) is 18.3 Å². The Balaban J connectivity index is 1.96. The van der Waals surface area contributed by atoms with Crippen molar-refractivity contribution in [2.75, 3.05) is 25.4 Å². The first-order chi connectivity index (χ1) is 6.13. The summed E-state index contributed by atoms with van der Waals surface area (Å²) in [6, 6.07) is 0.293. The van der Waals surface area contributed by atoms with Crippen molar-refractivity contribution in [1.29, 1.82) is 0 Å². The van der Waals surface area contributed by atoms with Gasteiger partial charge in [-0.15, -0.1) is 0 Å². The zero-order chi connectivity index (χ0) is 9.47. The van der Waals surface area contributed by atoms with E-state index in [9.17, 15) is 8.42 Å². The molecule has 2 N–H and O–H groups in total. The van der Waals surface area contributed by atoms with E-state index < -0.39 is 9.84 Å². The molecule has 5 heteroatoms. The molecule has 0 aliphatic carbocycles. The van der Waals surface area contributed by atoms with Gasteiger partial charge in [-0.3, -0.25) is 4.90 Å². The minimum Gasteiger partial charge on any atom is -0.330 e. The van der Waals surface area contributed by atoms with Gasteiger partial charge in [-0.25, -0.2) is 8.42 Å². The van der Waals surface area contributed by atoms with Crippen LogP contribution in [0.5, 0.6) is 0 Å². The second-order valence-electron chi connectivity index (χ2n) is 3.98. The molecule has 0 amide bonds. The predicted octanol–water partition coefficient (Wildman–Crippen LogP) is -0.793. The van der Waals surface area contributed by atoms with E-state index in [1.165, 1.54) is 0 Å². The molecular formula is C8H16N2O2S. The lowest BCUT2D eigenvalue weighted by atomic mass is 10.2. The summed E-state index contributed by atoms with van der Waals surface area (Å²) in [7, 11) is -2.72. The highest BCUT2D eigenvalue weighted by Crippen LogP contribution is 2.32. The normalized spacial score (nSPS) is 37.0. The molecule has 2 atom stereocenters. The molecule has 0 aromatic heterocycles. The van der Waals surface area contributed by atoms with Gasteiger partial charge in [0.15, 0.2) is 9.84 Å². The van der Waals surface area contributed by atoms with Gasteiger partial charge in [0.25, 0.3) is 0 Å². The first-order valence-electron chi connectivity index (χ1n) is 4.79. The summed E-state index contributed by atoms with van der Waals surface area (Å²) in [5.41, 5.74) is 5.41. The zero-order valence-corrected chi connectivity index (χ0v) is 8.46. The van der Waals surface area contributed by atoms with E-state index in [2.05, 4.69) is 4.90 Å². The van der Waals surface area contributed by atoms with Crippen LogP contribution in [-0.2, 0) is 9.84 Å². The van der Waals surface area contributed by atoms with Crippen molar-refractivity contribution >= 4 is 9.84 Å². The van der Waals surface area contributed by atoms with Crippen molar-refractivity contribution in [2.45, 2.75) is 24.1 Å². The highest BCUT2D eigenvalue weighted by molar-refractivity contribution is 7.92. The quantitative estimate of drug-likeness (QED) is 0.654. The van der Waals surface area contributed by atoms with Crippen LogP contribution in [-0.4, -0.2) is 50.0 Å². The van der Waals surface area contributed by atoms with E-state index in [0.717, 1.165) is 25.9 Å². The molecule has 2 bridgehead atoms. The fourth-order valence-electron chi connectivity index (χ4n) is 2.34. The van der Waals surface area contributed by atoms with E-state index in [4.69, 9.17) is 5.73 Å². The first kappa shape index (κ1) is 9.43. The van der Waals surface area contributed by atoms with Gasteiger partial charge in [0, 0.05) is 12.6 Å². The Hall–Kier alpha value is -0.130. The Morgan fingerprint density at radius 3 is 2.69 bits per heavy atom. The van der Waals surface area contributed by atoms with Gasteiger partial charge in [-0.1, -0.05) is 0 Å². The number of rotatable bonds is 3. The summed E-state index contributed by atoms with van der Waals surface area (Å²) in [4.78, 5) is 2.28. The lowest BCUT2D eigenvalue weighted by molar-refractivity contribution is 0.264. The lowest BCUT2D eigenvalue weighted by Crippen LogP contribution is -2.41. The average molecular weight is 204 g/mol. The molecular weight excluding hydrogens is 188 g/mol. The molecule has 0 saturated carbocycles. The van der Waals surface area contributed by atoms with Crippen LogP contribution in [0.3, 0.4) is 0 Å². The molecule has 0 aromatic rings. The second-order valence-corrected chi connectivity index (χ2v) is 6.30. The Morgan fingerprint density at radius 2 is 2.23 bits per heavy atom. The summed E-state index contributed by atoms with van der Waals surface area (Å²) in [5, 5.41) is -0.0738. The van der Waals surface area contributed by atoms with Crippen molar-refractivity contribution in [3.05, 3.63) is 0 Å². The number of nitrogens with zero attached hydrogens (tertiary/aromatic N) is 1. The third-order valence-electron chi connectivity index (χ3n) is 3.07. The minimum atomic E-state index is -2.72. The Kier molecular flexibility index (Phi) is 2.33. The summed E-state index contributed by atoms with van der Waals surface area (Å²) < 4.78 is 22.8. The van der Waals surface area contributed by atoms with Gasteiger partial charge in [-0.2, -0.15) is 0 Å². The molecule has 0 aromatic carbocycles. The molecule has 76 valence electrons. The SMILES string of the molecule is NCCCN1CC2CC1CS2(=O)=O. The van der Waals surface area contributed by atoms with Gasteiger partial charge >= 0.3 is 0 Å². The number of sulfone groups is 1. The fraction of sp³-hybridized carbons (Fsp3) is 1.00. The van der Waals surface area contributed by atoms with Gasteiger partial charge in [-0.05, 0) is 25.9 Å². The van der Waals surface area contributed by atoms with E-state index in [1.54, 1.807) is 0 Å². The van der Waals surface area contributed by atoms with Crippen LogP contribution in [0.25, 0.3) is 0 Å². The van der Waals surface area contributed by atoms with Gasteiger partial charge in [0.05, 0.1) is 11.0 Å². The summed E-state index contributed by atoms with van der Waals surface area (Å²) in [5.74, 6) is 0.377. The molecule has 13 heavy (non-hydrogen) atoms. The Bertz CT molecular complexity index is 289. The van der Waals surface area contributed by atoms with Crippen LogP contribution in [0.1, 0.15) is 12.8 Å². The molecule has 2 saturated heterocycles. The third-order valence-corrected chi connectivity index (χ3v) is 5.28. The summed E-state index contributed by atoms with van der Waals surface area (Å²) in [6.07, 6.45) is 1.83. The smallest absolute Gasteiger partial charge is 0.156 e. The zero-order valence-electron chi connectivity index (χ0n) is 7.65. The van der Waals surface area contributed by atoms with Gasteiger partial charge in [0.2, 0.25) is 0 Å². The molecule has 2 heterocycles. The molecule has 2 rings (SSSR count). The second kappa shape index (κ2) is 3.22. The van der Waals surface area contributed by atoms with Crippen molar-refractivity contribution < 1.29 is 8.42 Å². The molecule has 0 radical (unpaired) electrons. The van der Waals surface area contributed by atoms with Crippen LogP contribution < -0.4 is 5.73 Å². The summed E-state index contributed by atoms with van der Waals surface area (Å²) >= 11 is 0. The molecule has 2 fully saturated rings. The van der Waals surface area contributed by atoms with Crippen LogP contribution in [0, 0.1) is 0 Å². The van der Waals surface area contributed by atoms with E-state index in [1.807, 2.05) is 0 Å². The lowest BCUT2D eigenvalue weighted by Gasteiger charge is -2.26. The number of likely N-dealkylation sites (tertiary alicyclic amines) is 1. The standard InChI is InChI=1S/C8H16N2O2S/c9-2-1-3-10-5-8-4-7(10)6-13(8,11)12/h7-8H,1-6,9H2. The molecule has 4 nitrogen and oxygen atoms in total. The number of fused-ring (bicyclic) bond motifs is 2. The van der Waals surface area contributed by atoms with E-state index >= 15 is 0 Å². The van der Waals surface area contributed by atoms with Crippen LogP contribution in [0.2, 0.25) is 0 Å². The van der Waals surface area contributed by atoms with Gasteiger partial charge in [0.1, 0.15) is 0 Å². The molecule has 0 spiro atoms. The molecule has 2 aliphatic heterocycles. The van der Waals surface area contributed by atoms with Crippen molar-refractivity contribution in [3.8, 4) is 0 Å². The van der Waals surface area contributed by atoms with Crippen molar-refractivity contribution in [1.82, 2.24) is 4.90 Å². The Labute approximate surface area is 79.0 Å². The van der Waals surface area contributed by atoms with E-state index in [-0.39, 0.29) is 5.25 Å².